The maximum absolute atomic E-state index is 13.6. The molecule has 0 radical (unpaired) electrons. The van der Waals surface area contributed by atoms with E-state index in [0.717, 1.165) is 12.3 Å². The number of rotatable bonds is 8. The fourth-order valence-electron chi connectivity index (χ4n) is 4.60. The fraction of sp³-hybridized carbons (Fsp3) is 0.391. The molecular weight excluding hydrogens is 472 g/mol. The summed E-state index contributed by atoms with van der Waals surface area (Å²) in [5, 5.41) is 11.0. The van der Waals surface area contributed by atoms with E-state index in [-0.39, 0.29) is 47.5 Å². The van der Waals surface area contributed by atoms with Crippen LogP contribution in [0.15, 0.2) is 40.9 Å². The number of halogens is 4. The molecule has 6 rings (SSSR count). The Kier molecular flexibility index (Phi) is 5.41. The molecule has 0 saturated heterocycles. The first-order valence-corrected chi connectivity index (χ1v) is 10.7. The molecule has 0 aliphatic heterocycles. The number of nitrogens with one attached hydrogen (secondary N) is 1. The van der Waals surface area contributed by atoms with Gasteiger partial charge < -0.3 is 19.2 Å². The average molecular weight is 492 g/mol. The van der Waals surface area contributed by atoms with Crippen molar-refractivity contribution in [3.8, 4) is 11.5 Å². The van der Waals surface area contributed by atoms with Crippen molar-refractivity contribution in [1.82, 2.24) is 20.5 Å². The quantitative estimate of drug-likeness (QED) is 0.477. The smallest absolute Gasteiger partial charge is 0.433 e. The first-order chi connectivity index (χ1) is 16.6. The molecule has 184 valence electrons. The lowest BCUT2D eigenvalue weighted by atomic mass is 9.39. The monoisotopic (exact) mass is 492 g/mol. The molecule has 12 heteroatoms. The van der Waals surface area contributed by atoms with Crippen molar-refractivity contribution in [2.75, 3.05) is 6.61 Å². The summed E-state index contributed by atoms with van der Waals surface area (Å²) < 4.78 is 67.8. The van der Waals surface area contributed by atoms with Crippen LogP contribution in [0.3, 0.4) is 0 Å². The number of hydrogen-bond donors (Lipinski definition) is 1. The van der Waals surface area contributed by atoms with E-state index in [1.54, 1.807) is 19.1 Å². The van der Waals surface area contributed by atoms with Gasteiger partial charge in [-0.05, 0) is 49.9 Å². The van der Waals surface area contributed by atoms with E-state index in [2.05, 4.69) is 20.5 Å². The van der Waals surface area contributed by atoms with Crippen LogP contribution >= 0.6 is 0 Å². The van der Waals surface area contributed by atoms with E-state index in [4.69, 9.17) is 13.9 Å². The second-order valence-corrected chi connectivity index (χ2v) is 9.01. The molecule has 3 aromatic rings. The van der Waals surface area contributed by atoms with Gasteiger partial charge in [-0.25, -0.2) is 9.37 Å². The van der Waals surface area contributed by atoms with Gasteiger partial charge >= 0.3 is 6.18 Å². The van der Waals surface area contributed by atoms with Gasteiger partial charge in [0.1, 0.15) is 23.0 Å². The van der Waals surface area contributed by atoms with Gasteiger partial charge in [-0.2, -0.15) is 13.2 Å². The molecule has 35 heavy (non-hydrogen) atoms. The van der Waals surface area contributed by atoms with Crippen LogP contribution < -0.4 is 14.8 Å². The number of alkyl halides is 3. The van der Waals surface area contributed by atoms with E-state index >= 15 is 0 Å². The van der Waals surface area contributed by atoms with Crippen molar-refractivity contribution >= 4 is 5.91 Å². The van der Waals surface area contributed by atoms with Crippen molar-refractivity contribution in [1.29, 1.82) is 0 Å². The summed E-state index contributed by atoms with van der Waals surface area (Å²) in [6.45, 7) is 1.30. The molecule has 2 bridgehead atoms. The van der Waals surface area contributed by atoms with Gasteiger partial charge in [0, 0.05) is 11.6 Å². The van der Waals surface area contributed by atoms with E-state index in [9.17, 15) is 22.4 Å². The summed E-state index contributed by atoms with van der Waals surface area (Å²) in [7, 11) is 0. The number of aromatic nitrogens is 3. The Labute approximate surface area is 196 Å². The number of aryl methyl sites for hydroxylation is 1. The summed E-state index contributed by atoms with van der Waals surface area (Å²) in [4.78, 5) is 15.6. The zero-order valence-corrected chi connectivity index (χ0v) is 18.5. The van der Waals surface area contributed by atoms with Crippen LogP contribution in [-0.4, -0.2) is 33.2 Å². The van der Waals surface area contributed by atoms with Crippen LogP contribution in [0.2, 0.25) is 0 Å². The predicted molar refractivity (Wildman–Crippen MR) is 111 cm³/mol. The minimum atomic E-state index is -4.52. The Hall–Kier alpha value is -3.70. The molecule has 2 heterocycles. The molecule has 3 fully saturated rings. The molecule has 1 amide bonds. The number of nitrogens with zero attached hydrogens (tertiary/aromatic N) is 3. The van der Waals surface area contributed by atoms with Crippen LogP contribution in [0.5, 0.6) is 11.5 Å². The standard InChI is InChI=1S/C23H20F4N4O4/c1-13-2-3-14(6-16(13)24)33-8-18(32)29-22-10-21(11-22,12-22)20-31-30-19(35-20)9-34-15-4-5-17(28-7-15)23(25,26)27/h2-7H,8-12H2,1H3,(H,29,32). The lowest BCUT2D eigenvalue weighted by molar-refractivity contribution is -0.143. The van der Waals surface area contributed by atoms with Crippen LogP contribution in [0.4, 0.5) is 17.6 Å². The average Bonchev–Trinajstić information content (AvgIpc) is 3.23. The second kappa shape index (κ2) is 8.21. The molecule has 1 aromatic carbocycles. The summed E-state index contributed by atoms with van der Waals surface area (Å²) in [6, 6.07) is 6.42. The lowest BCUT2D eigenvalue weighted by Gasteiger charge is -2.68. The van der Waals surface area contributed by atoms with Gasteiger partial charge in [0.05, 0.1) is 11.6 Å². The summed E-state index contributed by atoms with van der Waals surface area (Å²) in [5.74, 6) is 0.338. The van der Waals surface area contributed by atoms with Crippen molar-refractivity contribution < 1.29 is 36.2 Å². The molecule has 8 nitrogen and oxygen atoms in total. The van der Waals surface area contributed by atoms with E-state index in [1.165, 1.54) is 12.1 Å². The van der Waals surface area contributed by atoms with Crippen LogP contribution in [0.25, 0.3) is 0 Å². The maximum Gasteiger partial charge on any atom is 0.433 e. The SMILES string of the molecule is Cc1ccc(OCC(=O)NC23CC(c4nnc(COc5ccc(C(F)(F)F)nc5)o4)(C2)C3)cc1F. The number of hydrogen-bond acceptors (Lipinski definition) is 7. The third kappa shape index (κ3) is 4.52. The largest absolute Gasteiger partial charge is 0.484 e. The summed E-state index contributed by atoms with van der Waals surface area (Å²) in [6.07, 6.45) is -1.64. The minimum Gasteiger partial charge on any atom is -0.484 e. The first kappa shape index (κ1) is 23.1. The van der Waals surface area contributed by atoms with Crippen molar-refractivity contribution in [2.24, 2.45) is 0 Å². The molecular formula is C23H20F4N4O4. The highest BCUT2D eigenvalue weighted by atomic mass is 19.4. The van der Waals surface area contributed by atoms with E-state index < -0.39 is 17.7 Å². The Bertz CT molecular complexity index is 1240. The molecule has 0 spiro atoms. The van der Waals surface area contributed by atoms with E-state index in [0.29, 0.717) is 30.7 Å². The summed E-state index contributed by atoms with van der Waals surface area (Å²) in [5.41, 5.74) is -1.18. The summed E-state index contributed by atoms with van der Waals surface area (Å²) >= 11 is 0. The van der Waals surface area contributed by atoms with Gasteiger partial charge in [-0.15, -0.1) is 10.2 Å². The highest BCUT2D eigenvalue weighted by molar-refractivity contribution is 5.79. The number of ether oxygens (including phenoxy) is 2. The van der Waals surface area contributed by atoms with Gasteiger partial charge in [-0.1, -0.05) is 6.07 Å². The van der Waals surface area contributed by atoms with Gasteiger partial charge in [-0.3, -0.25) is 4.79 Å². The highest BCUT2D eigenvalue weighted by Crippen LogP contribution is 2.67. The first-order valence-electron chi connectivity index (χ1n) is 10.7. The Morgan fingerprint density at radius 2 is 1.86 bits per heavy atom. The van der Waals surface area contributed by atoms with Crippen molar-refractivity contribution in [3.05, 3.63) is 65.4 Å². The minimum absolute atomic E-state index is 0.116. The topological polar surface area (TPSA) is 99.4 Å². The predicted octanol–water partition coefficient (Wildman–Crippen LogP) is 3.88. The second-order valence-electron chi connectivity index (χ2n) is 9.01. The Balaban J connectivity index is 1.09. The number of carbonyl (C=O) groups is 1. The van der Waals surface area contributed by atoms with Crippen LogP contribution in [0, 0.1) is 12.7 Å². The van der Waals surface area contributed by atoms with Crippen LogP contribution in [-0.2, 0) is 23.0 Å². The van der Waals surface area contributed by atoms with Crippen molar-refractivity contribution in [2.45, 2.75) is 49.9 Å². The highest BCUT2D eigenvalue weighted by Gasteiger charge is 2.71. The molecule has 3 aliphatic rings. The number of amides is 1. The number of pyridine rings is 1. The van der Waals surface area contributed by atoms with Crippen molar-refractivity contribution in [3.63, 3.8) is 0 Å². The normalized spacial score (nSPS) is 22.7. The molecule has 0 atom stereocenters. The Morgan fingerprint density at radius 3 is 2.51 bits per heavy atom. The van der Waals surface area contributed by atoms with Gasteiger partial charge in [0.2, 0.25) is 5.89 Å². The van der Waals surface area contributed by atoms with Crippen LogP contribution in [0.1, 0.15) is 42.3 Å². The molecule has 3 aliphatic carbocycles. The van der Waals surface area contributed by atoms with E-state index in [1.807, 2.05) is 0 Å². The number of carbonyl (C=O) groups excluding carboxylic acids is 1. The molecule has 1 N–H and O–H groups in total. The maximum atomic E-state index is 13.6. The number of benzene rings is 1. The zero-order valence-electron chi connectivity index (χ0n) is 18.5. The Morgan fingerprint density at radius 1 is 1.11 bits per heavy atom. The molecule has 2 aromatic heterocycles. The lowest BCUT2D eigenvalue weighted by Crippen LogP contribution is -2.77. The molecule has 0 unspecified atom stereocenters. The fourth-order valence-corrected chi connectivity index (χ4v) is 4.60. The third-order valence-corrected chi connectivity index (χ3v) is 6.26. The molecule has 3 saturated carbocycles. The van der Waals surface area contributed by atoms with Gasteiger partial charge in [0.15, 0.2) is 13.2 Å². The zero-order chi connectivity index (χ0) is 24.8. The van der Waals surface area contributed by atoms with Gasteiger partial charge in [0.25, 0.3) is 11.8 Å². The third-order valence-electron chi connectivity index (χ3n) is 6.26.